The lowest BCUT2D eigenvalue weighted by molar-refractivity contribution is -0.131. The number of thioether (sulfide) groups is 1. The van der Waals surface area contributed by atoms with Crippen LogP contribution in [0.4, 0.5) is 17.1 Å². The molecule has 0 fully saturated rings. The van der Waals surface area contributed by atoms with Crippen LogP contribution in [-0.4, -0.2) is 53.4 Å². The maximum Gasteiger partial charge on any atom is 0.331 e. The minimum absolute atomic E-state index is 0.209. The quantitative estimate of drug-likeness (QED) is 0.104. The number of ether oxygens (including phenoxy) is 1. The molecule has 2 aromatic rings. The predicted molar refractivity (Wildman–Crippen MR) is 165 cm³/mol. The van der Waals surface area contributed by atoms with Crippen molar-refractivity contribution in [3.8, 4) is 5.75 Å². The second-order valence-electron chi connectivity index (χ2n) is 10.3. The number of carboxylic acid groups (broad SMARTS) is 1. The van der Waals surface area contributed by atoms with Gasteiger partial charge in [-0.05, 0) is 49.4 Å². The number of unbranched alkanes of at least 4 members (excludes halogenated alkanes) is 2. The highest BCUT2D eigenvalue weighted by molar-refractivity contribution is 8.24. The van der Waals surface area contributed by atoms with Crippen molar-refractivity contribution in [3.05, 3.63) is 48.7 Å². The molecule has 0 aromatic heterocycles. The van der Waals surface area contributed by atoms with Gasteiger partial charge < -0.3 is 14.7 Å². The van der Waals surface area contributed by atoms with E-state index in [0.29, 0.717) is 33.5 Å². The number of benzene rings is 2. The third-order valence-corrected chi connectivity index (χ3v) is 10.3. The van der Waals surface area contributed by atoms with Crippen LogP contribution in [-0.2, 0) is 14.8 Å². The molecule has 4 N–H and O–H groups in total. The van der Waals surface area contributed by atoms with Crippen LogP contribution in [0.25, 0.3) is 0 Å². The molecular formula is C28H40N2O7S3. The van der Waals surface area contributed by atoms with E-state index in [-0.39, 0.29) is 11.2 Å². The topological polar surface area (TPSA) is 136 Å². The molecule has 0 spiro atoms. The number of nitrogens with one attached hydrogen (secondary N) is 1. The first kappa shape index (κ1) is 32.1. The van der Waals surface area contributed by atoms with E-state index >= 15 is 0 Å². The fourth-order valence-electron chi connectivity index (χ4n) is 5.08. The van der Waals surface area contributed by atoms with Gasteiger partial charge in [0.2, 0.25) is 10.0 Å². The molecule has 9 nitrogen and oxygen atoms in total. The molecule has 0 bridgehead atoms. The highest BCUT2D eigenvalue weighted by Crippen LogP contribution is 2.62. The molecule has 0 atom stereocenters. The average Bonchev–Trinajstić information content (AvgIpc) is 2.97. The molecule has 12 heteroatoms. The fourth-order valence-corrected chi connectivity index (χ4v) is 8.37. The van der Waals surface area contributed by atoms with Gasteiger partial charge in [-0.2, -0.15) is 10.6 Å². The van der Waals surface area contributed by atoms with Crippen LogP contribution in [0.15, 0.2) is 58.5 Å². The molecule has 1 aliphatic heterocycles. The largest absolute Gasteiger partial charge is 0.478 e. The van der Waals surface area contributed by atoms with E-state index in [1.54, 1.807) is 18.2 Å². The first-order chi connectivity index (χ1) is 18.8. The van der Waals surface area contributed by atoms with Gasteiger partial charge in [-0.25, -0.2) is 13.2 Å². The van der Waals surface area contributed by atoms with Gasteiger partial charge >= 0.3 is 5.97 Å². The molecule has 0 aliphatic carbocycles. The maximum absolute atomic E-state index is 11.7. The third kappa shape index (κ3) is 8.32. The summed E-state index contributed by atoms with van der Waals surface area (Å²) in [5.41, 5.74) is 1.49. The van der Waals surface area contributed by atoms with Gasteiger partial charge in [0, 0.05) is 35.2 Å². The molecule has 0 unspecified atom stereocenters. The standard InChI is InChI=1S/C28H40N2O7S3/c1-5-7-14-28(15-8-6-2)19-30(22-11-9-21(10-12-22)29-39(4,33)34)23-17-25(38-3)24(37-16-13-27(31)32)18-26(23)40(35,36)20-28/h9-13,16-18,29,35-36H,5-8,14-15,19-20H2,1-4H3,(H,31,32)/b16-13+. The average molecular weight is 613 g/mol. The lowest BCUT2D eigenvalue weighted by Crippen LogP contribution is -2.37. The normalized spacial score (nSPS) is 17.2. The van der Waals surface area contributed by atoms with Gasteiger partial charge in [0.05, 0.1) is 34.1 Å². The summed E-state index contributed by atoms with van der Waals surface area (Å²) in [4.78, 5) is 14.1. The Morgan fingerprint density at radius 3 is 2.30 bits per heavy atom. The van der Waals surface area contributed by atoms with Gasteiger partial charge in [0.25, 0.3) is 0 Å². The number of anilines is 3. The zero-order valence-electron chi connectivity index (χ0n) is 23.4. The van der Waals surface area contributed by atoms with Gasteiger partial charge in [0.15, 0.2) is 0 Å². The summed E-state index contributed by atoms with van der Waals surface area (Å²) < 4.78 is 55.1. The maximum atomic E-state index is 11.7. The number of hydrogen-bond donors (Lipinski definition) is 4. The van der Waals surface area contributed by atoms with Crippen LogP contribution in [0.2, 0.25) is 0 Å². The first-order valence-electron chi connectivity index (χ1n) is 13.2. The Bertz CT molecular complexity index is 1300. The molecule has 2 aromatic carbocycles. The van der Waals surface area contributed by atoms with E-state index in [2.05, 4.69) is 23.5 Å². The number of hydrogen-bond acceptors (Lipinski definition) is 8. The highest BCUT2D eigenvalue weighted by atomic mass is 32.3. The van der Waals surface area contributed by atoms with Crippen LogP contribution in [0.3, 0.4) is 0 Å². The Morgan fingerprint density at radius 2 is 1.77 bits per heavy atom. The number of nitrogens with zero attached hydrogens (tertiary/aromatic N) is 1. The summed E-state index contributed by atoms with van der Waals surface area (Å²) in [5, 5.41) is 8.98. The van der Waals surface area contributed by atoms with Crippen LogP contribution in [0, 0.1) is 5.41 Å². The van der Waals surface area contributed by atoms with Crippen molar-refractivity contribution in [2.75, 3.05) is 34.4 Å². The summed E-state index contributed by atoms with van der Waals surface area (Å²) in [6.45, 7) is 4.81. The molecule has 0 saturated carbocycles. The summed E-state index contributed by atoms with van der Waals surface area (Å²) >= 11 is 1.40. The molecule has 0 saturated heterocycles. The number of sulfonamides is 1. The first-order valence-corrected chi connectivity index (χ1v) is 18.1. The number of carboxylic acids is 1. The van der Waals surface area contributed by atoms with E-state index < -0.39 is 26.6 Å². The van der Waals surface area contributed by atoms with Gasteiger partial charge in [-0.15, -0.1) is 11.8 Å². The SMILES string of the molecule is CCCCC1(CCCC)CN(c2ccc(NS(C)(=O)=O)cc2)c2cc(SC)c(O/C=C/C(=O)O)cc2S(O)(O)C1. The zero-order valence-corrected chi connectivity index (χ0v) is 25.9. The molecular weight excluding hydrogens is 573 g/mol. The zero-order chi connectivity index (χ0) is 29.6. The fraction of sp³-hybridized carbons (Fsp3) is 0.464. The summed E-state index contributed by atoms with van der Waals surface area (Å²) in [6.07, 6.45) is 10.4. The smallest absolute Gasteiger partial charge is 0.331 e. The monoisotopic (exact) mass is 612 g/mol. The van der Waals surface area contributed by atoms with E-state index in [4.69, 9.17) is 9.84 Å². The lowest BCUT2D eigenvalue weighted by Gasteiger charge is -2.42. The lowest BCUT2D eigenvalue weighted by atomic mass is 9.79. The van der Waals surface area contributed by atoms with Crippen molar-refractivity contribution in [2.45, 2.75) is 62.2 Å². The Hall–Kier alpha value is -2.38. The molecule has 222 valence electrons. The second-order valence-corrected chi connectivity index (χ2v) is 14.9. The summed E-state index contributed by atoms with van der Waals surface area (Å²) in [5.74, 6) is -0.604. The number of rotatable bonds is 13. The van der Waals surface area contributed by atoms with Crippen LogP contribution < -0.4 is 14.4 Å². The van der Waals surface area contributed by atoms with Crippen LogP contribution in [0.1, 0.15) is 52.4 Å². The molecule has 0 amide bonds. The van der Waals surface area contributed by atoms with E-state index in [1.165, 1.54) is 11.8 Å². The van der Waals surface area contributed by atoms with Crippen molar-refractivity contribution >= 4 is 55.4 Å². The third-order valence-electron chi connectivity index (χ3n) is 6.90. The second kappa shape index (κ2) is 13.5. The highest BCUT2D eigenvalue weighted by Gasteiger charge is 2.42. The summed E-state index contributed by atoms with van der Waals surface area (Å²) in [7, 11) is -6.71. The molecule has 1 heterocycles. The minimum atomic E-state index is -3.44. The van der Waals surface area contributed by atoms with E-state index in [1.807, 2.05) is 24.5 Å². The van der Waals surface area contributed by atoms with E-state index in [0.717, 1.165) is 62.8 Å². The molecule has 0 radical (unpaired) electrons. The Morgan fingerprint density at radius 1 is 1.15 bits per heavy atom. The molecule has 1 aliphatic rings. The van der Waals surface area contributed by atoms with Crippen molar-refractivity contribution in [3.63, 3.8) is 0 Å². The number of aliphatic carboxylic acids is 1. The van der Waals surface area contributed by atoms with Gasteiger partial charge in [-0.1, -0.05) is 39.5 Å². The van der Waals surface area contributed by atoms with Crippen molar-refractivity contribution < 1.29 is 32.2 Å². The molecule has 3 rings (SSSR count). The Balaban J connectivity index is 2.22. The Kier molecular flexibility index (Phi) is 10.9. The van der Waals surface area contributed by atoms with Crippen molar-refractivity contribution in [1.82, 2.24) is 0 Å². The summed E-state index contributed by atoms with van der Waals surface area (Å²) in [6, 6.07) is 10.5. The molecule has 40 heavy (non-hydrogen) atoms. The van der Waals surface area contributed by atoms with Gasteiger partial charge in [0.1, 0.15) is 5.75 Å². The van der Waals surface area contributed by atoms with Crippen LogP contribution in [0.5, 0.6) is 5.75 Å². The predicted octanol–water partition coefficient (Wildman–Crippen LogP) is 7.39. The minimum Gasteiger partial charge on any atom is -0.478 e. The van der Waals surface area contributed by atoms with E-state index in [9.17, 15) is 22.3 Å². The number of fused-ring (bicyclic) bond motifs is 1. The van der Waals surface area contributed by atoms with Gasteiger partial charge in [-0.3, -0.25) is 13.8 Å². The Labute approximate surface area is 243 Å². The number of carbonyl (C=O) groups is 1. The van der Waals surface area contributed by atoms with Crippen LogP contribution >= 0.6 is 22.4 Å². The van der Waals surface area contributed by atoms with Crippen molar-refractivity contribution in [1.29, 1.82) is 0 Å². The van der Waals surface area contributed by atoms with Crippen molar-refractivity contribution in [2.24, 2.45) is 5.41 Å².